The number of allylic oxidation sites excluding steroid dienone is 6. The molecule has 0 radical (unpaired) electrons. The van der Waals surface area contributed by atoms with Crippen molar-refractivity contribution in [2.45, 2.75) is 431 Å². The van der Waals surface area contributed by atoms with E-state index in [2.05, 4.69) is 55.6 Å². The molecule has 0 bridgehead atoms. The molecule has 2 atom stereocenters. The number of ether oxygens (including phenoxy) is 1. The molecule has 0 fully saturated rings. The summed E-state index contributed by atoms with van der Waals surface area (Å²) in [5.41, 5.74) is 0. The highest BCUT2D eigenvalue weighted by Crippen LogP contribution is 2.19. The Kier molecular flexibility index (Phi) is 70.9. The molecule has 83 heavy (non-hydrogen) atoms. The summed E-state index contributed by atoms with van der Waals surface area (Å²) in [6.07, 6.45) is 93.8. The number of hydrogen-bond donors (Lipinski definition) is 3. The molecule has 0 aromatic heterocycles. The predicted molar refractivity (Wildman–Crippen MR) is 366 cm³/mol. The molecular formula is C77H147NO5. The van der Waals surface area contributed by atoms with Crippen LogP contribution in [-0.4, -0.2) is 47.4 Å². The SMILES string of the molecule is CCCCCCCC/C=C\CCCCCCCCCCCC(=O)OCCCCCCCCCCCCCCC/C=C\C/C=C\CCCCCCCCCCCCCCCCCCCC(=O)NC(CO)C(O)CCCCCCCCCCCC. The van der Waals surface area contributed by atoms with Gasteiger partial charge in [-0.15, -0.1) is 0 Å². The summed E-state index contributed by atoms with van der Waals surface area (Å²) in [6.45, 7) is 4.97. The number of hydrogen-bond acceptors (Lipinski definition) is 5. The van der Waals surface area contributed by atoms with Gasteiger partial charge in [0.2, 0.25) is 5.91 Å². The van der Waals surface area contributed by atoms with Crippen LogP contribution in [0.2, 0.25) is 0 Å². The van der Waals surface area contributed by atoms with Crippen LogP contribution in [0.4, 0.5) is 0 Å². The normalized spacial score (nSPS) is 12.7. The molecule has 0 aliphatic carbocycles. The zero-order chi connectivity index (χ0) is 59.9. The Morgan fingerprint density at radius 2 is 0.602 bits per heavy atom. The van der Waals surface area contributed by atoms with Gasteiger partial charge in [0, 0.05) is 12.8 Å². The fraction of sp³-hybridized carbons (Fsp3) is 0.896. The van der Waals surface area contributed by atoms with E-state index in [9.17, 15) is 19.8 Å². The number of unbranched alkanes of at least 4 members (excludes halogenated alkanes) is 54. The van der Waals surface area contributed by atoms with Gasteiger partial charge in [-0.3, -0.25) is 9.59 Å². The molecule has 3 N–H and O–H groups in total. The summed E-state index contributed by atoms with van der Waals surface area (Å²) in [6, 6.07) is -0.538. The van der Waals surface area contributed by atoms with Crippen molar-refractivity contribution in [3.63, 3.8) is 0 Å². The van der Waals surface area contributed by atoms with Crippen LogP contribution in [-0.2, 0) is 14.3 Å². The van der Waals surface area contributed by atoms with Crippen molar-refractivity contribution >= 4 is 11.9 Å². The van der Waals surface area contributed by atoms with Crippen molar-refractivity contribution in [3.8, 4) is 0 Å². The van der Waals surface area contributed by atoms with Crippen molar-refractivity contribution < 1.29 is 24.5 Å². The first kappa shape index (κ1) is 81.1. The van der Waals surface area contributed by atoms with Crippen molar-refractivity contribution in [2.24, 2.45) is 0 Å². The van der Waals surface area contributed by atoms with Crippen LogP contribution < -0.4 is 5.32 Å². The van der Waals surface area contributed by atoms with Gasteiger partial charge < -0.3 is 20.3 Å². The van der Waals surface area contributed by atoms with Gasteiger partial charge in [-0.25, -0.2) is 0 Å². The third-order valence-corrected chi connectivity index (χ3v) is 17.7. The molecule has 0 heterocycles. The maximum absolute atomic E-state index is 12.5. The molecule has 0 aliphatic heterocycles. The second kappa shape index (κ2) is 72.6. The minimum absolute atomic E-state index is 0.0189. The Morgan fingerprint density at radius 1 is 0.337 bits per heavy atom. The van der Waals surface area contributed by atoms with Crippen molar-refractivity contribution in [1.82, 2.24) is 5.32 Å². The second-order valence-corrected chi connectivity index (χ2v) is 26.0. The maximum atomic E-state index is 12.5. The van der Waals surface area contributed by atoms with Crippen LogP contribution in [0.25, 0.3) is 0 Å². The highest BCUT2D eigenvalue weighted by Gasteiger charge is 2.20. The lowest BCUT2D eigenvalue weighted by Gasteiger charge is -2.22. The zero-order valence-electron chi connectivity index (χ0n) is 56.2. The van der Waals surface area contributed by atoms with E-state index < -0.39 is 12.1 Å². The van der Waals surface area contributed by atoms with E-state index in [0.717, 1.165) is 44.9 Å². The summed E-state index contributed by atoms with van der Waals surface area (Å²) in [4.78, 5) is 24.6. The first-order valence-corrected chi connectivity index (χ1v) is 37.7. The van der Waals surface area contributed by atoms with Crippen LogP contribution in [0.5, 0.6) is 0 Å². The molecule has 0 spiro atoms. The van der Waals surface area contributed by atoms with Crippen LogP contribution in [0.1, 0.15) is 418 Å². The predicted octanol–water partition coefficient (Wildman–Crippen LogP) is 24.7. The quantitative estimate of drug-likeness (QED) is 0.0320. The molecule has 0 aromatic carbocycles. The van der Waals surface area contributed by atoms with Gasteiger partial charge in [0.25, 0.3) is 0 Å². The number of rotatable bonds is 71. The van der Waals surface area contributed by atoms with E-state index in [1.165, 1.54) is 340 Å². The van der Waals surface area contributed by atoms with Gasteiger partial charge in [-0.2, -0.15) is 0 Å². The van der Waals surface area contributed by atoms with Crippen molar-refractivity contribution in [1.29, 1.82) is 0 Å². The van der Waals surface area contributed by atoms with Crippen LogP contribution in [0, 0.1) is 0 Å². The van der Waals surface area contributed by atoms with E-state index in [0.29, 0.717) is 25.9 Å². The van der Waals surface area contributed by atoms with Crippen LogP contribution >= 0.6 is 0 Å². The molecule has 490 valence electrons. The molecule has 6 nitrogen and oxygen atoms in total. The highest BCUT2D eigenvalue weighted by atomic mass is 16.5. The molecule has 2 unspecified atom stereocenters. The summed E-state index contributed by atoms with van der Waals surface area (Å²) in [5.74, 6) is -0.0133. The number of amides is 1. The number of aliphatic hydroxyl groups excluding tert-OH is 2. The van der Waals surface area contributed by atoms with Crippen LogP contribution in [0.15, 0.2) is 36.5 Å². The van der Waals surface area contributed by atoms with E-state index in [1.807, 2.05) is 0 Å². The third-order valence-electron chi connectivity index (χ3n) is 17.7. The molecule has 6 heteroatoms. The lowest BCUT2D eigenvalue weighted by atomic mass is 10.0. The maximum Gasteiger partial charge on any atom is 0.305 e. The molecule has 0 aromatic rings. The molecule has 0 aliphatic rings. The smallest absolute Gasteiger partial charge is 0.305 e. The standard InChI is InChI=1S/C77H147NO5/c1-3-5-7-9-11-13-15-16-17-18-38-42-45-48-51-55-59-63-67-71-77(82)83-72-68-64-60-56-52-49-46-43-40-37-35-33-31-29-27-25-23-21-19-20-22-24-26-28-30-32-34-36-39-41-44-47-50-54-58-62-66-70-76(81)78-74(73-79)75(80)69-65-61-57-53-14-12-10-8-6-4-2/h16-17,19,21,25,27,74-75,79-80H,3-15,18,20,22-24,26,28-73H2,1-2H3,(H,78,81)/b17-16-,21-19-,27-25-. The molecule has 0 saturated carbocycles. The van der Waals surface area contributed by atoms with Gasteiger partial charge in [-0.1, -0.05) is 359 Å². The summed E-state index contributed by atoms with van der Waals surface area (Å²) in [7, 11) is 0. The number of carbonyl (C=O) groups is 2. The van der Waals surface area contributed by atoms with Gasteiger partial charge in [0.1, 0.15) is 0 Å². The summed E-state index contributed by atoms with van der Waals surface area (Å²) in [5, 5.41) is 23.2. The first-order valence-electron chi connectivity index (χ1n) is 37.7. The van der Waals surface area contributed by atoms with Crippen molar-refractivity contribution in [2.75, 3.05) is 13.2 Å². The Balaban J connectivity index is 3.33. The van der Waals surface area contributed by atoms with E-state index in [1.54, 1.807) is 0 Å². The lowest BCUT2D eigenvalue weighted by Crippen LogP contribution is -2.45. The Labute approximate surface area is 519 Å². The Morgan fingerprint density at radius 3 is 0.928 bits per heavy atom. The number of esters is 1. The van der Waals surface area contributed by atoms with E-state index in [4.69, 9.17) is 4.74 Å². The third kappa shape index (κ3) is 69.1. The molecule has 0 rings (SSSR count). The van der Waals surface area contributed by atoms with Gasteiger partial charge in [0.15, 0.2) is 0 Å². The zero-order valence-corrected chi connectivity index (χ0v) is 56.2. The lowest BCUT2D eigenvalue weighted by molar-refractivity contribution is -0.143. The second-order valence-electron chi connectivity index (χ2n) is 26.0. The number of aliphatic hydroxyl groups is 2. The number of nitrogens with one attached hydrogen (secondary N) is 1. The topological polar surface area (TPSA) is 95.9 Å². The monoisotopic (exact) mass is 1170 g/mol. The highest BCUT2D eigenvalue weighted by molar-refractivity contribution is 5.76. The van der Waals surface area contributed by atoms with Gasteiger partial charge >= 0.3 is 5.97 Å². The minimum Gasteiger partial charge on any atom is -0.466 e. The van der Waals surface area contributed by atoms with Crippen LogP contribution in [0.3, 0.4) is 0 Å². The molecule has 1 amide bonds. The van der Waals surface area contributed by atoms with Crippen molar-refractivity contribution in [3.05, 3.63) is 36.5 Å². The van der Waals surface area contributed by atoms with Gasteiger partial charge in [0.05, 0.1) is 25.4 Å². The first-order chi connectivity index (χ1) is 41.0. The summed E-state index contributed by atoms with van der Waals surface area (Å²) < 4.78 is 5.51. The average Bonchev–Trinajstić information content (AvgIpc) is 3.50. The van der Waals surface area contributed by atoms with E-state index >= 15 is 0 Å². The van der Waals surface area contributed by atoms with Gasteiger partial charge in [-0.05, 0) is 83.5 Å². The minimum atomic E-state index is -0.660. The average molecular weight is 1170 g/mol. The Bertz CT molecular complexity index is 1340. The number of carbonyl (C=O) groups excluding carboxylic acids is 2. The fourth-order valence-corrected chi connectivity index (χ4v) is 11.9. The van der Waals surface area contributed by atoms with E-state index in [-0.39, 0.29) is 18.5 Å². The Hall–Kier alpha value is -1.92. The fourth-order valence-electron chi connectivity index (χ4n) is 11.9. The molecule has 0 saturated heterocycles. The molecular weight excluding hydrogens is 1020 g/mol. The summed E-state index contributed by atoms with van der Waals surface area (Å²) >= 11 is 0. The largest absolute Gasteiger partial charge is 0.466 e.